The van der Waals surface area contributed by atoms with Crippen molar-refractivity contribution in [2.45, 2.75) is 26.4 Å². The number of hydrogen-bond donors (Lipinski definition) is 3. The molecule has 1 aromatic heterocycles. The van der Waals surface area contributed by atoms with Crippen molar-refractivity contribution < 1.29 is 19.6 Å². The Bertz CT molecular complexity index is 738. The molecule has 1 aromatic carbocycles. The molecule has 0 saturated carbocycles. The molecule has 2 aromatic rings. The van der Waals surface area contributed by atoms with E-state index >= 15 is 0 Å². The summed E-state index contributed by atoms with van der Waals surface area (Å²) in [4.78, 5) is 15.0. The van der Waals surface area contributed by atoms with Crippen LogP contribution in [0.25, 0.3) is 10.9 Å². The molecule has 0 atom stereocenters. The van der Waals surface area contributed by atoms with Crippen LogP contribution in [-0.4, -0.2) is 33.7 Å². The summed E-state index contributed by atoms with van der Waals surface area (Å²) in [6.45, 7) is 5.17. The Kier molecular flexibility index (Phi) is 3.77. The zero-order valence-electron chi connectivity index (χ0n) is 12.0. The second-order valence-electron chi connectivity index (χ2n) is 5.66. The summed E-state index contributed by atoms with van der Waals surface area (Å²) in [5.74, 6) is -0.651. The Balaban J connectivity index is 2.62. The Hall–Kier alpha value is -2.30. The summed E-state index contributed by atoms with van der Waals surface area (Å²) < 4.78 is 5.29. The number of nitrogens with one attached hydrogen (secondary N) is 1. The van der Waals surface area contributed by atoms with Crippen LogP contribution >= 0.6 is 0 Å². The maximum atomic E-state index is 12.3. The maximum Gasteiger partial charge on any atom is 0.506 e. The first-order chi connectivity index (χ1) is 9.73. The number of esters is 1. The molecule has 2 rings (SSSR count). The topological polar surface area (TPSA) is 106 Å². The van der Waals surface area contributed by atoms with Crippen LogP contribution in [0, 0.1) is 11.3 Å². The van der Waals surface area contributed by atoms with Crippen LogP contribution in [0.2, 0.25) is 0 Å². The van der Waals surface area contributed by atoms with Crippen molar-refractivity contribution in [3.63, 3.8) is 0 Å². The van der Waals surface area contributed by atoms with Crippen LogP contribution < -0.4 is 5.59 Å². The quantitative estimate of drug-likeness (QED) is 0.556. The van der Waals surface area contributed by atoms with E-state index in [1.165, 1.54) is 6.07 Å². The van der Waals surface area contributed by atoms with E-state index in [0.29, 0.717) is 16.5 Å². The fourth-order valence-electron chi connectivity index (χ4n) is 2.03. The number of ether oxygens (including phenoxy) is 1. The van der Waals surface area contributed by atoms with Crippen LogP contribution in [0.5, 0.6) is 0 Å². The number of hydrogen-bond acceptors (Lipinski definition) is 5. The Morgan fingerprint density at radius 1 is 1.38 bits per heavy atom. The number of nitriles is 1. The molecule has 6 nitrogen and oxygen atoms in total. The highest BCUT2D eigenvalue weighted by Crippen LogP contribution is 2.21. The van der Waals surface area contributed by atoms with Gasteiger partial charge in [-0.15, -0.1) is 0 Å². The van der Waals surface area contributed by atoms with Crippen molar-refractivity contribution in [2.75, 3.05) is 0 Å². The molecule has 0 fully saturated rings. The smallest absolute Gasteiger partial charge is 0.456 e. The highest BCUT2D eigenvalue weighted by atomic mass is 16.6. The van der Waals surface area contributed by atoms with Gasteiger partial charge < -0.3 is 19.8 Å². The number of H-pyrrole nitrogens is 1. The average Bonchev–Trinajstić information content (AvgIpc) is 2.74. The Morgan fingerprint density at radius 3 is 2.57 bits per heavy atom. The molecule has 0 aliphatic carbocycles. The van der Waals surface area contributed by atoms with Gasteiger partial charge in [0.2, 0.25) is 0 Å². The summed E-state index contributed by atoms with van der Waals surface area (Å²) in [6.07, 6.45) is 0. The van der Waals surface area contributed by atoms with Crippen LogP contribution in [-0.2, 0) is 4.74 Å². The van der Waals surface area contributed by atoms with Crippen LogP contribution in [0.3, 0.4) is 0 Å². The summed E-state index contributed by atoms with van der Waals surface area (Å²) in [5.41, 5.74) is 0.190. The lowest BCUT2D eigenvalue weighted by Gasteiger charge is -2.19. The minimum atomic E-state index is -1.84. The van der Waals surface area contributed by atoms with E-state index in [-0.39, 0.29) is 11.2 Å². The highest BCUT2D eigenvalue weighted by molar-refractivity contribution is 6.60. The van der Waals surface area contributed by atoms with Gasteiger partial charge in [-0.1, -0.05) is 6.07 Å². The van der Waals surface area contributed by atoms with E-state index in [1.807, 2.05) is 6.07 Å². The molecule has 0 unspecified atom stereocenters. The Labute approximate surface area is 122 Å². The first-order valence-electron chi connectivity index (χ1n) is 6.38. The monoisotopic (exact) mass is 286 g/mol. The predicted molar refractivity (Wildman–Crippen MR) is 78.0 cm³/mol. The lowest BCUT2D eigenvalue weighted by Crippen LogP contribution is -2.37. The molecule has 0 radical (unpaired) electrons. The van der Waals surface area contributed by atoms with E-state index in [1.54, 1.807) is 32.9 Å². The molecule has 0 spiro atoms. The molecular weight excluding hydrogens is 271 g/mol. The number of aromatic nitrogens is 1. The zero-order chi connectivity index (χ0) is 15.8. The van der Waals surface area contributed by atoms with E-state index in [4.69, 9.17) is 10.00 Å². The molecule has 3 N–H and O–H groups in total. The number of carbonyl (C=O) groups is 1. The molecular formula is C14H15BN2O4. The molecule has 1 heterocycles. The highest BCUT2D eigenvalue weighted by Gasteiger charge is 2.29. The minimum absolute atomic E-state index is 0.0469. The SMILES string of the molecule is CC(C)(C)OC(=O)c1c(B(O)O)[nH]c2cc(C#N)ccc12. The second-order valence-corrected chi connectivity index (χ2v) is 5.66. The largest absolute Gasteiger partial charge is 0.506 e. The first kappa shape index (κ1) is 15.1. The van der Waals surface area contributed by atoms with Gasteiger partial charge in [0.25, 0.3) is 0 Å². The molecule has 0 saturated heterocycles. The van der Waals surface area contributed by atoms with E-state index in [9.17, 15) is 14.8 Å². The third-order valence-corrected chi connectivity index (χ3v) is 2.82. The van der Waals surface area contributed by atoms with Crippen molar-refractivity contribution in [1.29, 1.82) is 5.26 Å². The van der Waals surface area contributed by atoms with Gasteiger partial charge >= 0.3 is 13.1 Å². The normalized spacial score (nSPS) is 11.2. The van der Waals surface area contributed by atoms with Gasteiger partial charge in [0.1, 0.15) is 5.60 Å². The summed E-state index contributed by atoms with van der Waals surface area (Å²) in [7, 11) is -1.84. The fraction of sp³-hybridized carbons (Fsp3) is 0.286. The molecule has 0 aliphatic rings. The molecule has 0 bridgehead atoms. The third-order valence-electron chi connectivity index (χ3n) is 2.82. The first-order valence-corrected chi connectivity index (χ1v) is 6.38. The molecule has 0 aliphatic heterocycles. The van der Waals surface area contributed by atoms with Gasteiger partial charge in [0.15, 0.2) is 0 Å². The molecule has 21 heavy (non-hydrogen) atoms. The van der Waals surface area contributed by atoms with E-state index in [0.717, 1.165) is 0 Å². The number of aromatic amines is 1. The second kappa shape index (κ2) is 5.24. The minimum Gasteiger partial charge on any atom is -0.456 e. The maximum absolute atomic E-state index is 12.3. The van der Waals surface area contributed by atoms with Crippen molar-refractivity contribution >= 4 is 29.6 Å². The molecule has 7 heteroatoms. The van der Waals surface area contributed by atoms with E-state index in [2.05, 4.69) is 4.98 Å². The third kappa shape index (κ3) is 3.07. The van der Waals surface area contributed by atoms with E-state index < -0.39 is 18.7 Å². The number of benzene rings is 1. The number of fused-ring (bicyclic) bond motifs is 1. The van der Waals surface area contributed by atoms with Crippen molar-refractivity contribution in [1.82, 2.24) is 4.98 Å². The summed E-state index contributed by atoms with van der Waals surface area (Å²) >= 11 is 0. The zero-order valence-corrected chi connectivity index (χ0v) is 12.0. The van der Waals surface area contributed by atoms with Crippen LogP contribution in [0.4, 0.5) is 0 Å². The van der Waals surface area contributed by atoms with Crippen molar-refractivity contribution in [3.8, 4) is 6.07 Å². The average molecular weight is 286 g/mol. The standard InChI is InChI=1S/C14H15BN2O4/c1-14(2,3)21-13(18)11-9-5-4-8(7-16)6-10(9)17-12(11)15(19)20/h4-6,17,19-20H,1-3H3. The van der Waals surface area contributed by atoms with Gasteiger partial charge in [-0.05, 0) is 32.9 Å². The molecule has 108 valence electrons. The van der Waals surface area contributed by atoms with Crippen molar-refractivity contribution in [3.05, 3.63) is 29.3 Å². The molecule has 0 amide bonds. The lowest BCUT2D eigenvalue weighted by atomic mass is 9.83. The van der Waals surface area contributed by atoms with Crippen LogP contribution in [0.15, 0.2) is 18.2 Å². The van der Waals surface area contributed by atoms with Crippen LogP contribution in [0.1, 0.15) is 36.7 Å². The number of carbonyl (C=O) groups excluding carboxylic acids is 1. The lowest BCUT2D eigenvalue weighted by molar-refractivity contribution is 0.00729. The van der Waals surface area contributed by atoms with Gasteiger partial charge in [0, 0.05) is 10.9 Å². The summed E-state index contributed by atoms with van der Waals surface area (Å²) in [5, 5.41) is 28.2. The number of nitrogens with zero attached hydrogens (tertiary/aromatic N) is 1. The Morgan fingerprint density at radius 2 is 2.05 bits per heavy atom. The predicted octanol–water partition coefficient (Wildman–Crippen LogP) is 0.675. The summed E-state index contributed by atoms with van der Waals surface area (Å²) in [6, 6.07) is 6.65. The van der Waals surface area contributed by atoms with Gasteiger partial charge in [0.05, 0.1) is 22.8 Å². The van der Waals surface area contributed by atoms with Gasteiger partial charge in [-0.3, -0.25) is 0 Å². The van der Waals surface area contributed by atoms with Gasteiger partial charge in [-0.2, -0.15) is 5.26 Å². The number of rotatable bonds is 2. The van der Waals surface area contributed by atoms with Crippen molar-refractivity contribution in [2.24, 2.45) is 0 Å². The fourth-order valence-corrected chi connectivity index (χ4v) is 2.03. The van der Waals surface area contributed by atoms with Gasteiger partial charge in [-0.25, -0.2) is 4.79 Å².